The summed E-state index contributed by atoms with van der Waals surface area (Å²) < 4.78 is 1.00. The van der Waals surface area contributed by atoms with Crippen molar-refractivity contribution in [2.75, 3.05) is 19.6 Å². The van der Waals surface area contributed by atoms with Crippen molar-refractivity contribution in [1.82, 2.24) is 4.90 Å². The van der Waals surface area contributed by atoms with Crippen molar-refractivity contribution in [1.29, 1.82) is 0 Å². The molecule has 1 fully saturated rings. The number of hydrogen-bond acceptors (Lipinski definition) is 2. The Kier molecular flexibility index (Phi) is 5.04. The van der Waals surface area contributed by atoms with Crippen molar-refractivity contribution in [3.8, 4) is 0 Å². The largest absolute Gasteiger partial charge is 0.388 e. The van der Waals surface area contributed by atoms with Gasteiger partial charge in [-0.25, -0.2) is 0 Å². The molecule has 0 bridgehead atoms. The van der Waals surface area contributed by atoms with E-state index < -0.39 is 0 Å². The Bertz CT molecular complexity index is 419. The Morgan fingerprint density at radius 3 is 2.79 bits per heavy atom. The minimum absolute atomic E-state index is 0.374. The van der Waals surface area contributed by atoms with Crippen LogP contribution in [-0.4, -0.2) is 29.6 Å². The summed E-state index contributed by atoms with van der Waals surface area (Å²) in [4.78, 5) is 2.49. The molecule has 1 saturated heterocycles. The van der Waals surface area contributed by atoms with E-state index >= 15 is 0 Å². The third-order valence-electron chi connectivity index (χ3n) is 3.96. The van der Waals surface area contributed by atoms with Crippen LogP contribution < -0.4 is 0 Å². The van der Waals surface area contributed by atoms with Crippen molar-refractivity contribution in [3.05, 3.63) is 34.3 Å². The first-order valence-electron chi connectivity index (χ1n) is 7.13. The quantitative estimate of drug-likeness (QED) is 0.904. The maximum Gasteiger partial charge on any atom is 0.0813 e. The molecule has 0 spiro atoms. The highest BCUT2D eigenvalue weighted by Crippen LogP contribution is 2.30. The fourth-order valence-electron chi connectivity index (χ4n) is 2.94. The molecule has 1 aliphatic rings. The zero-order chi connectivity index (χ0) is 13.9. The second kappa shape index (κ2) is 6.38. The molecule has 1 N–H and O–H groups in total. The molecule has 1 unspecified atom stereocenters. The monoisotopic (exact) mass is 325 g/mol. The molecule has 106 valence electrons. The molecular weight excluding hydrogens is 302 g/mol. The van der Waals surface area contributed by atoms with Gasteiger partial charge < -0.3 is 10.0 Å². The predicted molar refractivity (Wildman–Crippen MR) is 83.2 cm³/mol. The van der Waals surface area contributed by atoms with E-state index in [1.54, 1.807) is 0 Å². The summed E-state index contributed by atoms with van der Waals surface area (Å²) in [6.45, 7) is 7.97. The molecule has 1 aromatic rings. The molecule has 0 saturated carbocycles. The van der Waals surface area contributed by atoms with E-state index in [1.165, 1.54) is 19.4 Å². The lowest BCUT2D eigenvalue weighted by Crippen LogP contribution is -2.40. The van der Waals surface area contributed by atoms with E-state index in [9.17, 15) is 5.11 Å². The van der Waals surface area contributed by atoms with Crippen LogP contribution in [-0.2, 0) is 0 Å². The number of benzene rings is 1. The lowest BCUT2D eigenvalue weighted by molar-refractivity contribution is 0.0897. The first kappa shape index (κ1) is 15.0. The number of aliphatic hydroxyl groups is 1. The third kappa shape index (κ3) is 4.30. The van der Waals surface area contributed by atoms with Crippen LogP contribution in [0.3, 0.4) is 0 Å². The van der Waals surface area contributed by atoms with Crippen LogP contribution in [0.5, 0.6) is 0 Å². The van der Waals surface area contributed by atoms with Crippen molar-refractivity contribution >= 4 is 15.9 Å². The van der Waals surface area contributed by atoms with Crippen LogP contribution in [0.1, 0.15) is 44.8 Å². The summed E-state index contributed by atoms with van der Waals surface area (Å²) in [6.07, 6.45) is 3.02. The molecular formula is C16H24BrNO. The molecule has 1 aromatic carbocycles. The number of rotatable bonds is 4. The number of hydrogen-bond donors (Lipinski definition) is 1. The minimum Gasteiger partial charge on any atom is -0.388 e. The lowest BCUT2D eigenvalue weighted by Gasteiger charge is -2.38. The third-order valence-corrected chi connectivity index (χ3v) is 4.68. The Hall–Kier alpha value is -0.380. The molecule has 2 rings (SSSR count). The second-order valence-corrected chi connectivity index (χ2v) is 7.22. The van der Waals surface area contributed by atoms with Crippen molar-refractivity contribution in [2.24, 2.45) is 5.41 Å². The molecule has 0 aliphatic carbocycles. The molecule has 1 heterocycles. The zero-order valence-corrected chi connectivity index (χ0v) is 13.5. The van der Waals surface area contributed by atoms with Crippen LogP contribution in [0.15, 0.2) is 28.7 Å². The molecule has 1 aliphatic heterocycles. The van der Waals surface area contributed by atoms with Crippen LogP contribution in [0.2, 0.25) is 0 Å². The highest BCUT2D eigenvalue weighted by atomic mass is 79.9. The molecule has 0 radical (unpaired) electrons. The second-order valence-electron chi connectivity index (χ2n) is 6.37. The van der Waals surface area contributed by atoms with Crippen molar-refractivity contribution < 1.29 is 5.11 Å². The summed E-state index contributed by atoms with van der Waals surface area (Å²) in [7, 11) is 0. The van der Waals surface area contributed by atoms with Crippen LogP contribution >= 0.6 is 15.9 Å². The lowest BCUT2D eigenvalue weighted by atomic mass is 9.84. The summed E-state index contributed by atoms with van der Waals surface area (Å²) in [5.74, 6) is 0. The van der Waals surface area contributed by atoms with Crippen LogP contribution in [0.4, 0.5) is 0 Å². The summed E-state index contributed by atoms with van der Waals surface area (Å²) in [5, 5.41) is 10.3. The van der Waals surface area contributed by atoms with Gasteiger partial charge in [0, 0.05) is 17.6 Å². The van der Waals surface area contributed by atoms with E-state index in [-0.39, 0.29) is 6.10 Å². The normalized spacial score (nSPS) is 21.3. The summed E-state index contributed by atoms with van der Waals surface area (Å²) >= 11 is 3.51. The van der Waals surface area contributed by atoms with Gasteiger partial charge in [0.1, 0.15) is 0 Å². The first-order valence-corrected chi connectivity index (χ1v) is 7.92. The molecule has 19 heavy (non-hydrogen) atoms. The molecule has 0 amide bonds. The van der Waals surface area contributed by atoms with E-state index in [0.29, 0.717) is 5.41 Å². The van der Waals surface area contributed by atoms with Gasteiger partial charge in [-0.3, -0.25) is 0 Å². The van der Waals surface area contributed by atoms with Crippen LogP contribution in [0.25, 0.3) is 0 Å². The van der Waals surface area contributed by atoms with E-state index in [4.69, 9.17) is 0 Å². The van der Waals surface area contributed by atoms with Crippen molar-refractivity contribution in [2.45, 2.75) is 39.2 Å². The molecule has 3 heteroatoms. The fourth-order valence-corrected chi connectivity index (χ4v) is 3.49. The van der Waals surface area contributed by atoms with Gasteiger partial charge in [0.05, 0.1) is 6.10 Å². The maximum absolute atomic E-state index is 10.3. The summed E-state index contributed by atoms with van der Waals surface area (Å²) in [5.41, 5.74) is 1.43. The van der Waals surface area contributed by atoms with E-state index in [1.807, 2.05) is 24.3 Å². The van der Waals surface area contributed by atoms with Gasteiger partial charge in [-0.2, -0.15) is 0 Å². The topological polar surface area (TPSA) is 23.5 Å². The van der Waals surface area contributed by atoms with Gasteiger partial charge in [0.15, 0.2) is 0 Å². The number of aliphatic hydroxyl groups excluding tert-OH is 1. The van der Waals surface area contributed by atoms with Crippen molar-refractivity contribution in [3.63, 3.8) is 0 Å². The standard InChI is InChI=1S/C16H24BrNO/c1-16(2)9-5-10-18(12-16)11-8-15(19)13-6-3-4-7-14(13)17/h3-4,6-7,15,19H,5,8-12H2,1-2H3. The van der Waals surface area contributed by atoms with E-state index in [0.717, 1.165) is 29.5 Å². The molecule has 0 aromatic heterocycles. The fraction of sp³-hybridized carbons (Fsp3) is 0.625. The maximum atomic E-state index is 10.3. The smallest absolute Gasteiger partial charge is 0.0813 e. The highest BCUT2D eigenvalue weighted by Gasteiger charge is 2.26. The first-order chi connectivity index (χ1) is 8.98. The van der Waals surface area contributed by atoms with Gasteiger partial charge in [-0.05, 0) is 42.9 Å². The minimum atomic E-state index is -0.374. The number of halogens is 1. The van der Waals surface area contributed by atoms with Gasteiger partial charge >= 0.3 is 0 Å². The number of piperidine rings is 1. The Labute approximate surface area is 124 Å². The van der Waals surface area contributed by atoms with Gasteiger partial charge in [-0.15, -0.1) is 0 Å². The van der Waals surface area contributed by atoms with Gasteiger partial charge in [0.2, 0.25) is 0 Å². The SMILES string of the molecule is CC1(C)CCCN(CCC(O)c2ccccc2Br)C1. The number of likely N-dealkylation sites (tertiary alicyclic amines) is 1. The van der Waals surface area contributed by atoms with Gasteiger partial charge in [-0.1, -0.05) is 48.0 Å². The predicted octanol–water partition coefficient (Wildman–Crippen LogP) is 3.99. The molecule has 1 atom stereocenters. The Balaban J connectivity index is 1.87. The Morgan fingerprint density at radius 1 is 1.37 bits per heavy atom. The van der Waals surface area contributed by atoms with Crippen LogP contribution in [0, 0.1) is 5.41 Å². The zero-order valence-electron chi connectivity index (χ0n) is 11.9. The average Bonchev–Trinajstić information content (AvgIpc) is 2.35. The molecule has 2 nitrogen and oxygen atoms in total. The van der Waals surface area contributed by atoms with E-state index in [2.05, 4.69) is 34.7 Å². The number of nitrogens with zero attached hydrogens (tertiary/aromatic N) is 1. The van der Waals surface area contributed by atoms with Gasteiger partial charge in [0.25, 0.3) is 0 Å². The average molecular weight is 326 g/mol. The highest BCUT2D eigenvalue weighted by molar-refractivity contribution is 9.10. The Morgan fingerprint density at radius 2 is 2.11 bits per heavy atom. The summed E-state index contributed by atoms with van der Waals surface area (Å²) in [6, 6.07) is 7.94.